The van der Waals surface area contributed by atoms with E-state index in [4.69, 9.17) is 0 Å². The van der Waals surface area contributed by atoms with E-state index < -0.39 is 22.7 Å². The molecule has 4 aromatic rings. The van der Waals surface area contributed by atoms with Gasteiger partial charge in [-0.1, -0.05) is 60.2 Å². The fraction of sp³-hybridized carbons (Fsp3) is 0.143. The van der Waals surface area contributed by atoms with Gasteiger partial charge in [-0.3, -0.25) is 19.7 Å². The first-order chi connectivity index (χ1) is 17.4. The fourth-order valence-electron chi connectivity index (χ4n) is 4.77. The van der Waals surface area contributed by atoms with Gasteiger partial charge in [-0.15, -0.1) is 0 Å². The lowest BCUT2D eigenvalue weighted by Crippen LogP contribution is -2.32. The minimum Gasteiger partial charge on any atom is -0.507 e. The number of carbonyl (C=O) groups excluding carboxylic acids is 2. The van der Waals surface area contributed by atoms with Crippen LogP contribution in [0, 0.1) is 17.0 Å². The number of nitro groups is 1. The number of benzene rings is 3. The summed E-state index contributed by atoms with van der Waals surface area (Å²) in [5.74, 6) is -2.02. The second-order valence-electron chi connectivity index (χ2n) is 8.78. The lowest BCUT2D eigenvalue weighted by molar-refractivity contribution is -0.385. The number of H-pyrrole nitrogens is 1. The van der Waals surface area contributed by atoms with Crippen LogP contribution in [0.25, 0.3) is 16.7 Å². The van der Waals surface area contributed by atoms with Crippen LogP contribution in [-0.4, -0.2) is 38.1 Å². The molecule has 1 fully saturated rings. The van der Waals surface area contributed by atoms with E-state index in [2.05, 4.69) is 4.98 Å². The van der Waals surface area contributed by atoms with Gasteiger partial charge in [0, 0.05) is 35.3 Å². The summed E-state index contributed by atoms with van der Waals surface area (Å²) < 4.78 is 0. The first-order valence-corrected chi connectivity index (χ1v) is 11.5. The molecule has 2 heterocycles. The third-order valence-corrected chi connectivity index (χ3v) is 6.59. The second kappa shape index (κ2) is 9.14. The van der Waals surface area contributed by atoms with Crippen LogP contribution in [0.4, 0.5) is 5.69 Å². The van der Waals surface area contributed by atoms with E-state index in [-0.39, 0.29) is 29.1 Å². The molecule has 0 spiro atoms. The molecule has 1 saturated heterocycles. The summed E-state index contributed by atoms with van der Waals surface area (Å²) in [6.45, 7) is 2.02. The number of para-hydroxylation sites is 2. The van der Waals surface area contributed by atoms with Gasteiger partial charge in [0.25, 0.3) is 17.4 Å². The standard InChI is InChI=1S/C28H23N3O5/c1-17-10-12-18(13-11-17)26(32)24-25(21-7-3-5-9-23(21)31(35)36)30(28(34)27(24)33)15-14-19-16-29-22-8-4-2-6-20(19)22/h2-13,16,25,29,32H,14-15H2,1H3/t25-/m1/s1. The number of fused-ring (bicyclic) bond motifs is 1. The average Bonchev–Trinajstić information content (AvgIpc) is 3.41. The average molecular weight is 482 g/mol. The Morgan fingerprint density at radius 3 is 2.47 bits per heavy atom. The van der Waals surface area contributed by atoms with Crippen molar-refractivity contribution in [2.45, 2.75) is 19.4 Å². The summed E-state index contributed by atoms with van der Waals surface area (Å²) in [4.78, 5) is 42.3. The van der Waals surface area contributed by atoms with Crippen molar-refractivity contribution in [3.8, 4) is 0 Å². The normalized spacial score (nSPS) is 17.1. The summed E-state index contributed by atoms with van der Waals surface area (Å²) in [7, 11) is 0. The van der Waals surface area contributed by atoms with Gasteiger partial charge in [0.2, 0.25) is 0 Å². The number of Topliss-reactive ketones (excluding diaryl/α,β-unsaturated/α-hetero) is 1. The number of amides is 1. The van der Waals surface area contributed by atoms with Crippen LogP contribution in [0.2, 0.25) is 0 Å². The van der Waals surface area contributed by atoms with Crippen molar-refractivity contribution in [3.05, 3.63) is 117 Å². The molecule has 0 unspecified atom stereocenters. The molecular weight excluding hydrogens is 458 g/mol. The number of nitrogens with zero attached hydrogens (tertiary/aromatic N) is 2. The Morgan fingerprint density at radius 2 is 1.72 bits per heavy atom. The largest absolute Gasteiger partial charge is 0.507 e. The van der Waals surface area contributed by atoms with Crippen LogP contribution < -0.4 is 0 Å². The molecule has 0 aliphatic carbocycles. The van der Waals surface area contributed by atoms with Gasteiger partial charge in [-0.25, -0.2) is 0 Å². The smallest absolute Gasteiger partial charge is 0.295 e. The molecule has 0 saturated carbocycles. The molecule has 1 aliphatic rings. The monoisotopic (exact) mass is 481 g/mol. The number of aromatic nitrogens is 1. The number of hydrogen-bond acceptors (Lipinski definition) is 5. The van der Waals surface area contributed by atoms with Crippen LogP contribution in [0.3, 0.4) is 0 Å². The molecule has 1 aliphatic heterocycles. The van der Waals surface area contributed by atoms with Crippen molar-refractivity contribution in [1.29, 1.82) is 0 Å². The van der Waals surface area contributed by atoms with E-state index in [1.807, 2.05) is 37.4 Å². The number of aromatic amines is 1. The highest BCUT2D eigenvalue weighted by molar-refractivity contribution is 6.46. The van der Waals surface area contributed by atoms with Gasteiger partial charge in [0.15, 0.2) is 0 Å². The van der Waals surface area contributed by atoms with Gasteiger partial charge in [0.1, 0.15) is 5.76 Å². The lowest BCUT2D eigenvalue weighted by atomic mass is 9.94. The number of aryl methyl sites for hydroxylation is 1. The van der Waals surface area contributed by atoms with Crippen LogP contribution in [0.1, 0.15) is 28.3 Å². The van der Waals surface area contributed by atoms with Crippen molar-refractivity contribution in [3.63, 3.8) is 0 Å². The number of ketones is 1. The van der Waals surface area contributed by atoms with Crippen molar-refractivity contribution in [2.75, 3.05) is 6.54 Å². The minimum absolute atomic E-state index is 0.133. The third kappa shape index (κ3) is 3.92. The first-order valence-electron chi connectivity index (χ1n) is 11.5. The van der Waals surface area contributed by atoms with Crippen molar-refractivity contribution in [2.24, 2.45) is 0 Å². The Balaban J connectivity index is 1.62. The number of hydrogen-bond donors (Lipinski definition) is 2. The van der Waals surface area contributed by atoms with E-state index in [1.54, 1.807) is 30.3 Å². The molecule has 0 bridgehead atoms. The molecule has 1 amide bonds. The fourth-order valence-corrected chi connectivity index (χ4v) is 4.77. The number of nitro benzene ring substituents is 1. The van der Waals surface area contributed by atoms with Gasteiger partial charge in [-0.2, -0.15) is 0 Å². The maximum absolute atomic E-state index is 13.3. The maximum atomic E-state index is 13.3. The highest BCUT2D eigenvalue weighted by atomic mass is 16.6. The quantitative estimate of drug-likeness (QED) is 0.131. The SMILES string of the molecule is Cc1ccc(C(O)=C2C(=O)C(=O)N(CCc3c[nH]c4ccccc34)[C@@H]2c2ccccc2[N+](=O)[O-])cc1. The zero-order valence-corrected chi connectivity index (χ0v) is 19.5. The molecule has 180 valence electrons. The molecule has 3 aromatic carbocycles. The number of nitrogens with one attached hydrogen (secondary N) is 1. The van der Waals surface area contributed by atoms with Gasteiger partial charge < -0.3 is 15.0 Å². The topological polar surface area (TPSA) is 117 Å². The number of aliphatic hydroxyl groups excluding tert-OH is 1. The van der Waals surface area contributed by atoms with E-state index in [1.165, 1.54) is 23.1 Å². The molecule has 8 nitrogen and oxygen atoms in total. The zero-order valence-electron chi connectivity index (χ0n) is 19.5. The minimum atomic E-state index is -1.10. The molecule has 2 N–H and O–H groups in total. The van der Waals surface area contributed by atoms with Crippen LogP contribution in [0.5, 0.6) is 0 Å². The highest BCUT2D eigenvalue weighted by Gasteiger charge is 2.47. The first kappa shape index (κ1) is 23.0. The highest BCUT2D eigenvalue weighted by Crippen LogP contribution is 2.42. The molecule has 0 radical (unpaired) electrons. The molecule has 5 rings (SSSR count). The predicted octanol–water partition coefficient (Wildman–Crippen LogP) is 5.05. The van der Waals surface area contributed by atoms with E-state index in [0.29, 0.717) is 12.0 Å². The molecular formula is C28H23N3O5. The van der Waals surface area contributed by atoms with Crippen LogP contribution >= 0.6 is 0 Å². The summed E-state index contributed by atoms with van der Waals surface area (Å²) in [6.07, 6.45) is 2.27. The summed E-state index contributed by atoms with van der Waals surface area (Å²) in [5.41, 5.74) is 3.01. The molecule has 1 atom stereocenters. The number of rotatable bonds is 6. The molecule has 36 heavy (non-hydrogen) atoms. The Kier molecular flexibility index (Phi) is 5.85. The number of carbonyl (C=O) groups is 2. The number of aliphatic hydroxyl groups is 1. The maximum Gasteiger partial charge on any atom is 0.295 e. The summed E-state index contributed by atoms with van der Waals surface area (Å²) in [5, 5.41) is 24.0. The Bertz CT molecular complexity index is 1530. The van der Waals surface area contributed by atoms with E-state index in [9.17, 15) is 24.8 Å². The number of likely N-dealkylation sites (tertiary alicyclic amines) is 1. The van der Waals surface area contributed by atoms with E-state index in [0.717, 1.165) is 22.0 Å². The second-order valence-corrected chi connectivity index (χ2v) is 8.78. The van der Waals surface area contributed by atoms with Crippen molar-refractivity contribution in [1.82, 2.24) is 9.88 Å². The van der Waals surface area contributed by atoms with Gasteiger partial charge >= 0.3 is 0 Å². The zero-order chi connectivity index (χ0) is 25.4. The predicted molar refractivity (Wildman–Crippen MR) is 135 cm³/mol. The van der Waals surface area contributed by atoms with Gasteiger partial charge in [-0.05, 0) is 31.0 Å². The Hall–Kier alpha value is -4.72. The van der Waals surface area contributed by atoms with Crippen LogP contribution in [-0.2, 0) is 16.0 Å². The van der Waals surface area contributed by atoms with Crippen LogP contribution in [0.15, 0.2) is 84.6 Å². The Labute approximate surface area is 206 Å². The van der Waals surface area contributed by atoms with Crippen molar-refractivity contribution < 1.29 is 19.6 Å². The Morgan fingerprint density at radius 1 is 1.03 bits per heavy atom. The summed E-state index contributed by atoms with van der Waals surface area (Å²) >= 11 is 0. The van der Waals surface area contributed by atoms with E-state index >= 15 is 0 Å². The lowest BCUT2D eigenvalue weighted by Gasteiger charge is -2.25. The summed E-state index contributed by atoms with van der Waals surface area (Å²) in [6, 6.07) is 19.5. The van der Waals surface area contributed by atoms with Gasteiger partial charge in [0.05, 0.1) is 22.1 Å². The molecule has 1 aromatic heterocycles. The van der Waals surface area contributed by atoms with Crippen molar-refractivity contribution >= 4 is 34.0 Å². The molecule has 8 heteroatoms. The third-order valence-electron chi connectivity index (χ3n) is 6.59.